The normalized spacial score (nSPS) is 17.7. The minimum atomic E-state index is -0.432. The molecule has 1 aliphatic rings. The van der Waals surface area contributed by atoms with Gasteiger partial charge in [-0.1, -0.05) is 42.3 Å². The predicted molar refractivity (Wildman–Crippen MR) is 74.8 cm³/mol. The van der Waals surface area contributed by atoms with E-state index in [1.54, 1.807) is 11.9 Å². The van der Waals surface area contributed by atoms with Gasteiger partial charge in [0.25, 0.3) is 0 Å². The van der Waals surface area contributed by atoms with E-state index in [2.05, 4.69) is 4.31 Å². The monoisotopic (exact) mass is 265 g/mol. The van der Waals surface area contributed by atoms with Crippen molar-refractivity contribution in [2.24, 2.45) is 0 Å². The van der Waals surface area contributed by atoms with Crippen LogP contribution in [-0.2, 0) is 4.74 Å². The lowest BCUT2D eigenvalue weighted by molar-refractivity contribution is 0.0760. The summed E-state index contributed by atoms with van der Waals surface area (Å²) < 4.78 is 7.11. The number of morpholine rings is 1. The minimum Gasteiger partial charge on any atom is -0.379 e. The van der Waals surface area contributed by atoms with Crippen molar-refractivity contribution in [2.75, 3.05) is 26.3 Å². The van der Waals surface area contributed by atoms with Crippen LogP contribution in [0.25, 0.3) is 0 Å². The molecule has 98 valence electrons. The lowest BCUT2D eigenvalue weighted by atomic mass is 10.0. The maximum atomic E-state index is 12.5. The van der Waals surface area contributed by atoms with E-state index < -0.39 is 4.75 Å². The van der Waals surface area contributed by atoms with E-state index in [0.717, 1.165) is 31.9 Å². The fourth-order valence-electron chi connectivity index (χ4n) is 1.94. The molecule has 0 atom stereocenters. The highest BCUT2D eigenvalue weighted by molar-refractivity contribution is 7.99. The molecule has 1 aliphatic heterocycles. The molecule has 0 aliphatic carbocycles. The third-order valence-corrected chi connectivity index (χ3v) is 4.18. The van der Waals surface area contributed by atoms with Crippen molar-refractivity contribution in [3.8, 4) is 0 Å². The number of carbonyl (C=O) groups excluding carboxylic acids is 1. The molecule has 1 saturated heterocycles. The van der Waals surface area contributed by atoms with Crippen LogP contribution >= 0.6 is 11.9 Å². The van der Waals surface area contributed by atoms with Crippen LogP contribution in [0.2, 0.25) is 0 Å². The van der Waals surface area contributed by atoms with Crippen LogP contribution < -0.4 is 0 Å². The molecule has 0 radical (unpaired) electrons. The second-order valence-corrected chi connectivity index (χ2v) is 6.56. The van der Waals surface area contributed by atoms with Gasteiger partial charge < -0.3 is 4.74 Å². The van der Waals surface area contributed by atoms with E-state index in [0.29, 0.717) is 0 Å². The van der Waals surface area contributed by atoms with Gasteiger partial charge in [0.15, 0.2) is 5.78 Å². The van der Waals surface area contributed by atoms with Crippen LogP contribution in [0.1, 0.15) is 24.2 Å². The van der Waals surface area contributed by atoms with E-state index in [4.69, 9.17) is 4.74 Å². The summed E-state index contributed by atoms with van der Waals surface area (Å²) in [5, 5.41) is 0. The first-order valence-corrected chi connectivity index (χ1v) is 6.98. The van der Waals surface area contributed by atoms with Crippen molar-refractivity contribution in [2.45, 2.75) is 18.6 Å². The maximum absolute atomic E-state index is 12.5. The van der Waals surface area contributed by atoms with Gasteiger partial charge >= 0.3 is 0 Å². The van der Waals surface area contributed by atoms with Crippen molar-refractivity contribution in [1.29, 1.82) is 0 Å². The van der Waals surface area contributed by atoms with Crippen LogP contribution in [0.3, 0.4) is 0 Å². The molecular formula is C14H19NO2S. The van der Waals surface area contributed by atoms with Crippen molar-refractivity contribution >= 4 is 17.7 Å². The number of ether oxygens (including phenoxy) is 1. The molecule has 0 saturated carbocycles. The van der Waals surface area contributed by atoms with Crippen molar-refractivity contribution in [3.05, 3.63) is 35.9 Å². The lowest BCUT2D eigenvalue weighted by Crippen LogP contribution is -2.38. The Hall–Kier alpha value is -0.840. The molecule has 0 aromatic heterocycles. The number of carbonyl (C=O) groups is 1. The zero-order chi connectivity index (χ0) is 13.0. The van der Waals surface area contributed by atoms with Gasteiger partial charge in [-0.2, -0.15) is 0 Å². The summed E-state index contributed by atoms with van der Waals surface area (Å²) in [5.74, 6) is 0.180. The average molecular weight is 265 g/mol. The zero-order valence-corrected chi connectivity index (χ0v) is 11.7. The molecule has 3 nitrogen and oxygen atoms in total. The third kappa shape index (κ3) is 3.34. The predicted octanol–water partition coefficient (Wildman–Crippen LogP) is 2.63. The Morgan fingerprint density at radius 2 is 1.83 bits per heavy atom. The molecule has 18 heavy (non-hydrogen) atoms. The summed E-state index contributed by atoms with van der Waals surface area (Å²) >= 11 is 1.63. The molecule has 1 heterocycles. The van der Waals surface area contributed by atoms with Gasteiger partial charge in [0.2, 0.25) is 0 Å². The van der Waals surface area contributed by atoms with Crippen LogP contribution in [0.4, 0.5) is 0 Å². The van der Waals surface area contributed by atoms with Gasteiger partial charge in [0.1, 0.15) is 0 Å². The van der Waals surface area contributed by atoms with E-state index >= 15 is 0 Å². The van der Waals surface area contributed by atoms with Gasteiger partial charge in [-0.05, 0) is 13.8 Å². The standard InChI is InChI=1S/C14H19NO2S/c1-14(2,18-15-8-10-17-11-9-15)13(16)12-6-4-3-5-7-12/h3-7H,8-11H2,1-2H3. The van der Waals surface area contributed by atoms with E-state index in [1.807, 2.05) is 44.2 Å². The van der Waals surface area contributed by atoms with Gasteiger partial charge in [0, 0.05) is 18.7 Å². The van der Waals surface area contributed by atoms with E-state index in [1.165, 1.54) is 0 Å². The van der Waals surface area contributed by atoms with Crippen molar-refractivity contribution < 1.29 is 9.53 Å². The molecule has 0 unspecified atom stereocenters. The number of benzene rings is 1. The first-order chi connectivity index (χ1) is 8.59. The van der Waals surface area contributed by atoms with Crippen LogP contribution in [0.15, 0.2) is 30.3 Å². The Morgan fingerprint density at radius 1 is 1.22 bits per heavy atom. The van der Waals surface area contributed by atoms with Crippen LogP contribution in [-0.4, -0.2) is 41.1 Å². The highest BCUT2D eigenvalue weighted by atomic mass is 32.2. The molecule has 0 N–H and O–H groups in total. The van der Waals surface area contributed by atoms with Gasteiger partial charge in [-0.25, -0.2) is 4.31 Å². The molecule has 1 aromatic rings. The van der Waals surface area contributed by atoms with Crippen molar-refractivity contribution in [1.82, 2.24) is 4.31 Å². The zero-order valence-electron chi connectivity index (χ0n) is 10.9. The summed E-state index contributed by atoms with van der Waals surface area (Å²) in [7, 11) is 0. The second-order valence-electron chi connectivity index (χ2n) is 4.84. The Balaban J connectivity index is 2.03. The largest absolute Gasteiger partial charge is 0.379 e. The minimum absolute atomic E-state index is 0.180. The number of hydrogen-bond donors (Lipinski definition) is 0. The smallest absolute Gasteiger partial charge is 0.179 e. The highest BCUT2D eigenvalue weighted by Gasteiger charge is 2.32. The molecule has 0 bridgehead atoms. The third-order valence-electron chi connectivity index (χ3n) is 2.91. The first kappa shape index (κ1) is 13.6. The summed E-state index contributed by atoms with van der Waals surface area (Å²) in [6.07, 6.45) is 0. The fourth-order valence-corrected chi connectivity index (χ4v) is 3.12. The summed E-state index contributed by atoms with van der Waals surface area (Å²) in [5.41, 5.74) is 0.781. The van der Waals surface area contributed by atoms with Gasteiger partial charge in [0.05, 0.1) is 18.0 Å². The Labute approximate surface area is 113 Å². The Morgan fingerprint density at radius 3 is 2.44 bits per heavy atom. The number of rotatable bonds is 4. The summed E-state index contributed by atoms with van der Waals surface area (Å²) in [6.45, 7) is 7.25. The fraction of sp³-hybridized carbons (Fsp3) is 0.500. The average Bonchev–Trinajstić information content (AvgIpc) is 2.39. The van der Waals surface area contributed by atoms with Gasteiger partial charge in [-0.15, -0.1) is 0 Å². The molecule has 4 heteroatoms. The number of Topliss-reactive ketones (excluding diaryl/α,β-unsaturated/α-hetero) is 1. The van der Waals surface area contributed by atoms with E-state index in [-0.39, 0.29) is 5.78 Å². The Kier molecular flexibility index (Phi) is 4.43. The van der Waals surface area contributed by atoms with Crippen molar-refractivity contribution in [3.63, 3.8) is 0 Å². The molecule has 0 amide bonds. The molecule has 0 spiro atoms. The Bertz CT molecular complexity index is 400. The van der Waals surface area contributed by atoms with Gasteiger partial charge in [-0.3, -0.25) is 4.79 Å². The molecule has 1 fully saturated rings. The van der Waals surface area contributed by atoms with E-state index in [9.17, 15) is 4.79 Å². The number of hydrogen-bond acceptors (Lipinski definition) is 4. The molecule has 1 aromatic carbocycles. The number of nitrogens with zero attached hydrogens (tertiary/aromatic N) is 1. The molecule has 2 rings (SSSR count). The lowest BCUT2D eigenvalue weighted by Gasteiger charge is -2.32. The SMILES string of the molecule is CC(C)(SN1CCOCC1)C(=O)c1ccccc1. The van der Waals surface area contributed by atoms with Crippen LogP contribution in [0, 0.1) is 0 Å². The topological polar surface area (TPSA) is 29.5 Å². The highest BCUT2D eigenvalue weighted by Crippen LogP contribution is 2.31. The first-order valence-electron chi connectivity index (χ1n) is 6.21. The quantitative estimate of drug-likeness (QED) is 0.618. The second kappa shape index (κ2) is 5.87. The van der Waals surface area contributed by atoms with Crippen LogP contribution in [0.5, 0.6) is 0 Å². The summed E-state index contributed by atoms with van der Waals surface area (Å²) in [6, 6.07) is 9.50. The maximum Gasteiger partial charge on any atom is 0.179 e. The summed E-state index contributed by atoms with van der Waals surface area (Å²) in [4.78, 5) is 12.5. The molecular weight excluding hydrogens is 246 g/mol. The number of ketones is 1.